The fourth-order valence-electron chi connectivity index (χ4n) is 2.06. The van der Waals surface area contributed by atoms with E-state index in [-0.39, 0.29) is 12.2 Å². The Bertz CT molecular complexity index is 375. The molecule has 1 heterocycles. The van der Waals surface area contributed by atoms with Gasteiger partial charge in [0.1, 0.15) is 5.60 Å². The van der Waals surface area contributed by atoms with Crippen molar-refractivity contribution in [3.05, 3.63) is 0 Å². The summed E-state index contributed by atoms with van der Waals surface area (Å²) in [5.41, 5.74) is 5.41. The van der Waals surface area contributed by atoms with Crippen LogP contribution in [0.25, 0.3) is 0 Å². The topological polar surface area (TPSA) is 85.1 Å². The van der Waals surface area contributed by atoms with E-state index in [0.29, 0.717) is 26.3 Å². The highest BCUT2D eigenvalue weighted by molar-refractivity contribution is 5.84. The standard InChI is InChI=1S/C15H29N3O4/c1-15(2,3)22-14(20)17(4)6-5-13(19)12(16)11-18-7-9-21-10-8-18/h12H,5-11,16H2,1-4H3. The minimum Gasteiger partial charge on any atom is -0.444 e. The molecule has 1 amide bonds. The van der Waals surface area contributed by atoms with Crippen molar-refractivity contribution in [2.75, 3.05) is 46.4 Å². The molecule has 1 atom stereocenters. The van der Waals surface area contributed by atoms with Crippen LogP contribution in [0.15, 0.2) is 0 Å². The molecule has 0 saturated carbocycles. The second kappa shape index (κ2) is 8.45. The quantitative estimate of drug-likeness (QED) is 0.767. The van der Waals surface area contributed by atoms with Crippen molar-refractivity contribution in [3.63, 3.8) is 0 Å². The predicted molar refractivity (Wildman–Crippen MR) is 83.7 cm³/mol. The van der Waals surface area contributed by atoms with E-state index in [1.54, 1.807) is 7.05 Å². The molecule has 0 aliphatic carbocycles. The molecule has 0 aromatic heterocycles. The summed E-state index contributed by atoms with van der Waals surface area (Å²) in [4.78, 5) is 27.4. The van der Waals surface area contributed by atoms with Gasteiger partial charge in [-0.2, -0.15) is 0 Å². The average Bonchev–Trinajstić information content (AvgIpc) is 2.43. The third kappa shape index (κ3) is 7.20. The van der Waals surface area contributed by atoms with Crippen LogP contribution in [0.4, 0.5) is 4.79 Å². The number of carbonyl (C=O) groups is 2. The summed E-state index contributed by atoms with van der Waals surface area (Å²) in [5, 5.41) is 0. The molecular formula is C15H29N3O4. The highest BCUT2D eigenvalue weighted by atomic mass is 16.6. The number of morpholine rings is 1. The molecule has 0 aromatic rings. The van der Waals surface area contributed by atoms with Crippen molar-refractivity contribution in [1.29, 1.82) is 0 Å². The molecule has 22 heavy (non-hydrogen) atoms. The van der Waals surface area contributed by atoms with Crippen LogP contribution in [-0.2, 0) is 14.3 Å². The lowest BCUT2D eigenvalue weighted by Gasteiger charge is -2.29. The van der Waals surface area contributed by atoms with Crippen molar-refractivity contribution >= 4 is 11.9 Å². The molecule has 7 heteroatoms. The Hall–Kier alpha value is -1.18. The van der Waals surface area contributed by atoms with Crippen molar-refractivity contribution in [1.82, 2.24) is 9.80 Å². The van der Waals surface area contributed by atoms with Crippen LogP contribution in [0.3, 0.4) is 0 Å². The molecule has 1 aliphatic heterocycles. The van der Waals surface area contributed by atoms with Gasteiger partial charge in [0.15, 0.2) is 5.78 Å². The van der Waals surface area contributed by atoms with Gasteiger partial charge < -0.3 is 20.1 Å². The minimum atomic E-state index is -0.540. The zero-order valence-corrected chi connectivity index (χ0v) is 14.1. The summed E-state index contributed by atoms with van der Waals surface area (Å²) in [5.74, 6) is -0.0399. The summed E-state index contributed by atoms with van der Waals surface area (Å²) in [6.07, 6.45) is -0.191. The van der Waals surface area contributed by atoms with Gasteiger partial charge in [-0.15, -0.1) is 0 Å². The number of ketones is 1. The van der Waals surface area contributed by atoms with Gasteiger partial charge >= 0.3 is 6.09 Å². The first-order valence-electron chi connectivity index (χ1n) is 7.71. The fourth-order valence-corrected chi connectivity index (χ4v) is 2.06. The second-order valence-electron chi connectivity index (χ2n) is 6.64. The summed E-state index contributed by atoms with van der Waals surface area (Å²) < 4.78 is 10.5. The molecule has 2 N–H and O–H groups in total. The number of hydrogen-bond donors (Lipinski definition) is 1. The first kappa shape index (κ1) is 18.9. The maximum Gasteiger partial charge on any atom is 0.410 e. The number of ether oxygens (including phenoxy) is 2. The zero-order valence-electron chi connectivity index (χ0n) is 14.1. The average molecular weight is 315 g/mol. The van der Waals surface area contributed by atoms with Crippen molar-refractivity contribution in [2.45, 2.75) is 38.8 Å². The van der Waals surface area contributed by atoms with Gasteiger partial charge in [0.2, 0.25) is 0 Å². The van der Waals surface area contributed by atoms with Crippen LogP contribution in [0.2, 0.25) is 0 Å². The Morgan fingerprint density at radius 3 is 2.45 bits per heavy atom. The van der Waals surface area contributed by atoms with Crippen molar-refractivity contribution in [2.24, 2.45) is 5.73 Å². The van der Waals surface area contributed by atoms with Crippen molar-refractivity contribution < 1.29 is 19.1 Å². The smallest absolute Gasteiger partial charge is 0.410 e. The molecule has 1 unspecified atom stereocenters. The number of carbonyl (C=O) groups excluding carboxylic acids is 2. The first-order valence-corrected chi connectivity index (χ1v) is 7.71. The maximum absolute atomic E-state index is 12.1. The largest absolute Gasteiger partial charge is 0.444 e. The molecule has 0 spiro atoms. The molecule has 1 saturated heterocycles. The second-order valence-corrected chi connectivity index (χ2v) is 6.64. The van der Waals surface area contributed by atoms with E-state index in [9.17, 15) is 9.59 Å². The Morgan fingerprint density at radius 1 is 1.32 bits per heavy atom. The Labute approximate surface area is 132 Å². The SMILES string of the molecule is CN(CCC(=O)C(N)CN1CCOCC1)C(=O)OC(C)(C)C. The Kier molecular flexibility index (Phi) is 7.25. The molecule has 1 aliphatic rings. The molecule has 0 radical (unpaired) electrons. The van der Waals surface area contributed by atoms with Crippen LogP contribution >= 0.6 is 0 Å². The highest BCUT2D eigenvalue weighted by Crippen LogP contribution is 2.09. The number of amides is 1. The summed E-state index contributed by atoms with van der Waals surface area (Å²) >= 11 is 0. The van der Waals surface area contributed by atoms with Gasteiger partial charge in [0, 0.05) is 39.6 Å². The molecule has 0 bridgehead atoms. The first-order chi connectivity index (χ1) is 10.2. The van der Waals surface area contributed by atoms with Gasteiger partial charge in [-0.05, 0) is 20.8 Å². The zero-order chi connectivity index (χ0) is 16.8. The minimum absolute atomic E-state index is 0.0399. The molecule has 1 fully saturated rings. The van der Waals surface area contributed by atoms with Gasteiger partial charge in [-0.25, -0.2) is 4.79 Å². The van der Waals surface area contributed by atoms with Crippen LogP contribution in [0, 0.1) is 0 Å². The monoisotopic (exact) mass is 315 g/mol. The van der Waals surface area contributed by atoms with E-state index >= 15 is 0 Å². The molecule has 1 rings (SSSR count). The lowest BCUT2D eigenvalue weighted by atomic mass is 10.1. The Morgan fingerprint density at radius 2 is 1.91 bits per heavy atom. The third-order valence-electron chi connectivity index (χ3n) is 3.37. The van der Waals surface area contributed by atoms with Crippen molar-refractivity contribution in [3.8, 4) is 0 Å². The van der Waals surface area contributed by atoms with Crippen LogP contribution in [0.5, 0.6) is 0 Å². The number of hydrogen-bond acceptors (Lipinski definition) is 6. The predicted octanol–water partition coefficient (Wildman–Crippen LogP) is 0.472. The van der Waals surface area contributed by atoms with E-state index in [4.69, 9.17) is 15.2 Å². The van der Waals surface area contributed by atoms with E-state index in [1.165, 1.54) is 4.90 Å². The van der Waals surface area contributed by atoms with Crippen LogP contribution in [-0.4, -0.2) is 79.8 Å². The lowest BCUT2D eigenvalue weighted by Crippen LogP contribution is -2.47. The third-order valence-corrected chi connectivity index (χ3v) is 3.37. The highest BCUT2D eigenvalue weighted by Gasteiger charge is 2.22. The fraction of sp³-hybridized carbons (Fsp3) is 0.867. The van der Waals surface area contributed by atoms with Crippen LogP contribution < -0.4 is 5.73 Å². The van der Waals surface area contributed by atoms with E-state index in [1.807, 2.05) is 20.8 Å². The summed E-state index contributed by atoms with van der Waals surface area (Å²) in [6, 6.07) is -0.523. The summed E-state index contributed by atoms with van der Waals surface area (Å²) in [6.45, 7) is 9.25. The van der Waals surface area contributed by atoms with Crippen LogP contribution in [0.1, 0.15) is 27.2 Å². The van der Waals surface area contributed by atoms with Gasteiger partial charge in [-0.3, -0.25) is 9.69 Å². The number of Topliss-reactive ketones (excluding diaryl/α,β-unsaturated/α-hetero) is 1. The normalized spacial score (nSPS) is 17.9. The molecule has 128 valence electrons. The molecular weight excluding hydrogens is 286 g/mol. The summed E-state index contributed by atoms with van der Waals surface area (Å²) in [7, 11) is 1.62. The maximum atomic E-state index is 12.1. The van der Waals surface area contributed by atoms with Gasteiger partial charge in [0.25, 0.3) is 0 Å². The van der Waals surface area contributed by atoms with Gasteiger partial charge in [-0.1, -0.05) is 0 Å². The van der Waals surface area contributed by atoms with E-state index < -0.39 is 17.7 Å². The Balaban J connectivity index is 2.30. The number of nitrogens with zero attached hydrogens (tertiary/aromatic N) is 2. The lowest BCUT2D eigenvalue weighted by molar-refractivity contribution is -0.121. The van der Waals surface area contributed by atoms with E-state index in [2.05, 4.69) is 4.90 Å². The molecule has 7 nitrogen and oxygen atoms in total. The molecule has 0 aromatic carbocycles. The number of rotatable bonds is 6. The van der Waals surface area contributed by atoms with Gasteiger partial charge in [0.05, 0.1) is 19.3 Å². The number of nitrogens with two attached hydrogens (primary N) is 1. The van der Waals surface area contributed by atoms with E-state index in [0.717, 1.165) is 13.1 Å².